The molecule has 1 aliphatic rings. The van der Waals surface area contributed by atoms with E-state index >= 15 is 0 Å². The predicted molar refractivity (Wildman–Crippen MR) is 72.4 cm³/mol. The van der Waals surface area contributed by atoms with Crippen molar-refractivity contribution in [3.63, 3.8) is 0 Å². The van der Waals surface area contributed by atoms with Crippen LogP contribution in [0.3, 0.4) is 0 Å². The van der Waals surface area contributed by atoms with Crippen LogP contribution in [0.15, 0.2) is 48.5 Å². The first kappa shape index (κ1) is 13.3. The van der Waals surface area contributed by atoms with E-state index in [0.29, 0.717) is 17.3 Å². The standard InChI is InChI=1S/C7H7BO3.C7H6O/c9-5-6-2-1-3-7(4-6)8(10)11;1-2-4-7-6(3-1)5-8-7/h1-5,10-11H;1-4H,5H2. The van der Waals surface area contributed by atoms with Crippen LogP contribution in [0.1, 0.15) is 15.9 Å². The molecule has 0 radical (unpaired) electrons. The molecule has 0 amide bonds. The van der Waals surface area contributed by atoms with Gasteiger partial charge in [-0.1, -0.05) is 42.5 Å². The second kappa shape index (κ2) is 6.18. The van der Waals surface area contributed by atoms with Gasteiger partial charge in [0.2, 0.25) is 0 Å². The fraction of sp³-hybridized carbons (Fsp3) is 0.0714. The van der Waals surface area contributed by atoms with Crippen molar-refractivity contribution in [2.75, 3.05) is 0 Å². The van der Waals surface area contributed by atoms with Crippen molar-refractivity contribution in [3.8, 4) is 5.75 Å². The molecule has 5 heteroatoms. The van der Waals surface area contributed by atoms with Gasteiger partial charge in [0, 0.05) is 11.1 Å². The van der Waals surface area contributed by atoms with Gasteiger partial charge in [-0.25, -0.2) is 0 Å². The Labute approximate surface area is 111 Å². The maximum Gasteiger partial charge on any atom is 0.488 e. The Morgan fingerprint density at radius 2 is 1.89 bits per heavy atom. The van der Waals surface area contributed by atoms with Crippen LogP contribution in [0.4, 0.5) is 0 Å². The number of rotatable bonds is 2. The molecule has 0 saturated carbocycles. The largest absolute Gasteiger partial charge is 0.488 e. The average molecular weight is 256 g/mol. The fourth-order valence-corrected chi connectivity index (χ4v) is 1.63. The summed E-state index contributed by atoms with van der Waals surface area (Å²) in [6.07, 6.45) is 0.659. The van der Waals surface area contributed by atoms with Crippen LogP contribution in [-0.4, -0.2) is 23.5 Å². The van der Waals surface area contributed by atoms with Crippen molar-refractivity contribution in [2.45, 2.75) is 6.61 Å². The first-order valence-corrected chi connectivity index (χ1v) is 5.82. The van der Waals surface area contributed by atoms with Gasteiger partial charge in [-0.3, -0.25) is 4.79 Å². The van der Waals surface area contributed by atoms with Crippen LogP contribution in [0, 0.1) is 0 Å². The Balaban J connectivity index is 0.000000146. The van der Waals surface area contributed by atoms with E-state index in [1.165, 1.54) is 17.7 Å². The summed E-state index contributed by atoms with van der Waals surface area (Å²) < 4.78 is 5.08. The van der Waals surface area contributed by atoms with Crippen LogP contribution >= 0.6 is 0 Å². The molecule has 4 nitrogen and oxygen atoms in total. The Kier molecular flexibility index (Phi) is 4.33. The molecule has 19 heavy (non-hydrogen) atoms. The van der Waals surface area contributed by atoms with Crippen molar-refractivity contribution in [1.82, 2.24) is 0 Å². The van der Waals surface area contributed by atoms with Gasteiger partial charge in [0.15, 0.2) is 0 Å². The SMILES string of the molecule is O=Cc1cccc(B(O)O)c1.c1ccc2c(c1)CO2. The van der Waals surface area contributed by atoms with Gasteiger partial charge in [0.25, 0.3) is 0 Å². The normalized spacial score (nSPS) is 11.1. The number of para-hydroxylation sites is 1. The number of aldehydes is 1. The van der Waals surface area contributed by atoms with Gasteiger partial charge in [0.05, 0.1) is 0 Å². The Hall–Kier alpha value is -2.11. The van der Waals surface area contributed by atoms with Gasteiger partial charge in [0.1, 0.15) is 18.6 Å². The molecule has 0 fully saturated rings. The zero-order valence-corrected chi connectivity index (χ0v) is 10.2. The molecule has 2 N–H and O–H groups in total. The van der Waals surface area contributed by atoms with E-state index < -0.39 is 7.12 Å². The fourth-order valence-electron chi connectivity index (χ4n) is 1.63. The monoisotopic (exact) mass is 256 g/mol. The summed E-state index contributed by atoms with van der Waals surface area (Å²) in [5, 5.41) is 17.4. The third-order valence-electron chi connectivity index (χ3n) is 2.70. The highest BCUT2D eigenvalue weighted by Crippen LogP contribution is 2.27. The summed E-state index contributed by atoms with van der Waals surface area (Å²) in [5.41, 5.74) is 2.10. The van der Waals surface area contributed by atoms with Crippen molar-refractivity contribution < 1.29 is 19.6 Å². The van der Waals surface area contributed by atoms with Crippen LogP contribution in [-0.2, 0) is 6.61 Å². The molecule has 1 heterocycles. The number of carbonyl (C=O) groups excluding carboxylic acids is 1. The molecule has 0 atom stereocenters. The zero-order valence-electron chi connectivity index (χ0n) is 10.2. The molecule has 1 aliphatic heterocycles. The minimum Gasteiger partial charge on any atom is -0.488 e. The molecule has 0 unspecified atom stereocenters. The molecule has 3 rings (SSSR count). The van der Waals surface area contributed by atoms with Crippen molar-refractivity contribution >= 4 is 18.9 Å². The number of hydrogen-bond acceptors (Lipinski definition) is 4. The predicted octanol–water partition coefficient (Wildman–Crippen LogP) is 0.758. The first-order valence-electron chi connectivity index (χ1n) is 5.82. The summed E-state index contributed by atoms with van der Waals surface area (Å²) in [6.45, 7) is 0.802. The summed E-state index contributed by atoms with van der Waals surface area (Å²) in [5.74, 6) is 1.05. The molecule has 0 bridgehead atoms. The lowest BCUT2D eigenvalue weighted by molar-refractivity contribution is 0.112. The van der Waals surface area contributed by atoms with Gasteiger partial charge in [-0.05, 0) is 11.5 Å². The highest BCUT2D eigenvalue weighted by Gasteiger charge is 2.11. The summed E-state index contributed by atoms with van der Waals surface area (Å²) >= 11 is 0. The molecule has 2 aromatic rings. The molecule has 2 aromatic carbocycles. The van der Waals surface area contributed by atoms with Crippen LogP contribution < -0.4 is 10.2 Å². The minimum absolute atomic E-state index is 0.328. The summed E-state index contributed by atoms with van der Waals surface area (Å²) in [7, 11) is -1.50. The van der Waals surface area contributed by atoms with E-state index in [-0.39, 0.29) is 0 Å². The number of carbonyl (C=O) groups is 1. The third kappa shape index (κ3) is 3.43. The van der Waals surface area contributed by atoms with Crippen LogP contribution in [0.2, 0.25) is 0 Å². The number of fused-ring (bicyclic) bond motifs is 1. The molecule has 0 saturated heterocycles. The van der Waals surface area contributed by atoms with E-state index in [1.807, 2.05) is 18.2 Å². The van der Waals surface area contributed by atoms with E-state index in [1.54, 1.807) is 12.1 Å². The number of benzene rings is 2. The summed E-state index contributed by atoms with van der Waals surface area (Å²) in [6, 6.07) is 14.2. The lowest BCUT2D eigenvalue weighted by Gasteiger charge is -2.18. The van der Waals surface area contributed by atoms with Crippen molar-refractivity contribution in [2.24, 2.45) is 0 Å². The molecule has 0 aliphatic carbocycles. The van der Waals surface area contributed by atoms with Gasteiger partial charge < -0.3 is 14.8 Å². The number of ether oxygens (including phenoxy) is 1. The van der Waals surface area contributed by atoms with Gasteiger partial charge in [-0.15, -0.1) is 0 Å². The maximum atomic E-state index is 10.2. The van der Waals surface area contributed by atoms with Crippen molar-refractivity contribution in [1.29, 1.82) is 0 Å². The van der Waals surface area contributed by atoms with Gasteiger partial charge in [-0.2, -0.15) is 0 Å². The molecular formula is C14H13BO4. The Bertz CT molecular complexity index is 546. The van der Waals surface area contributed by atoms with E-state index in [9.17, 15) is 4.79 Å². The molecular weight excluding hydrogens is 243 g/mol. The molecule has 0 spiro atoms. The smallest absolute Gasteiger partial charge is 0.488 e. The highest BCUT2D eigenvalue weighted by molar-refractivity contribution is 6.58. The second-order valence-electron chi connectivity index (χ2n) is 4.06. The lowest BCUT2D eigenvalue weighted by Crippen LogP contribution is -2.29. The third-order valence-corrected chi connectivity index (χ3v) is 2.70. The van der Waals surface area contributed by atoms with E-state index in [4.69, 9.17) is 14.8 Å². The highest BCUT2D eigenvalue weighted by atomic mass is 16.5. The van der Waals surface area contributed by atoms with Crippen LogP contribution in [0.25, 0.3) is 0 Å². The molecule has 0 aromatic heterocycles. The quantitative estimate of drug-likeness (QED) is 0.614. The molecule has 96 valence electrons. The van der Waals surface area contributed by atoms with Crippen LogP contribution in [0.5, 0.6) is 5.75 Å². The van der Waals surface area contributed by atoms with Crippen molar-refractivity contribution in [3.05, 3.63) is 59.7 Å². The zero-order chi connectivity index (χ0) is 13.7. The van der Waals surface area contributed by atoms with E-state index in [0.717, 1.165) is 12.4 Å². The van der Waals surface area contributed by atoms with Gasteiger partial charge >= 0.3 is 7.12 Å². The minimum atomic E-state index is -1.50. The topological polar surface area (TPSA) is 66.8 Å². The van der Waals surface area contributed by atoms with E-state index in [2.05, 4.69) is 6.07 Å². The lowest BCUT2D eigenvalue weighted by atomic mass is 9.80. The Morgan fingerprint density at radius 3 is 2.37 bits per heavy atom. The summed E-state index contributed by atoms with van der Waals surface area (Å²) in [4.78, 5) is 10.2. The maximum absolute atomic E-state index is 10.2. The second-order valence-corrected chi connectivity index (χ2v) is 4.06. The number of hydrogen-bond donors (Lipinski definition) is 2. The Morgan fingerprint density at radius 1 is 1.11 bits per heavy atom. The first-order chi connectivity index (χ1) is 9.20. The average Bonchev–Trinajstić information content (AvgIpc) is 2.41.